The van der Waals surface area contributed by atoms with Gasteiger partial charge in [0, 0.05) is 0 Å². The summed E-state index contributed by atoms with van der Waals surface area (Å²) >= 11 is 5.80. The molecular formula is C19H29ClN7O3S+. The molecule has 0 unspecified atom stereocenters. The number of aryl methyl sites for hydroxylation is 1. The lowest BCUT2D eigenvalue weighted by molar-refractivity contribution is -0.887. The number of rotatable bonds is 10. The predicted octanol–water partition coefficient (Wildman–Crippen LogP) is 0.529. The maximum atomic E-state index is 12.3. The molecule has 0 radical (unpaired) electrons. The third kappa shape index (κ3) is 7.94. The van der Waals surface area contributed by atoms with Gasteiger partial charge in [0.25, 0.3) is 5.91 Å². The van der Waals surface area contributed by atoms with Gasteiger partial charge in [-0.3, -0.25) is 4.79 Å². The number of carbonyl (C=O) groups excluding carboxylic acids is 1. The van der Waals surface area contributed by atoms with E-state index in [0.29, 0.717) is 24.1 Å². The molecule has 0 saturated heterocycles. The molecule has 170 valence electrons. The fourth-order valence-electron chi connectivity index (χ4n) is 2.73. The Bertz CT molecular complexity index is 1030. The normalized spacial score (nSPS) is 12.0. The van der Waals surface area contributed by atoms with Gasteiger partial charge < -0.3 is 21.3 Å². The minimum absolute atomic E-state index is 0.0432. The Balaban J connectivity index is 1.79. The number of carbonyl (C=O) groups is 1. The highest BCUT2D eigenvalue weighted by Crippen LogP contribution is 2.17. The van der Waals surface area contributed by atoms with Gasteiger partial charge in [-0.15, -0.1) is 0 Å². The van der Waals surface area contributed by atoms with Crippen molar-refractivity contribution in [1.29, 1.82) is 0 Å². The number of anilines is 2. The van der Waals surface area contributed by atoms with E-state index in [0.717, 1.165) is 11.1 Å². The molecule has 10 nitrogen and oxygen atoms in total. The standard InChI is InChI=1S/C19H28ClN7O3S/c1-13-4-6-14(7-5-13)12-31(29,30)24-9-11-27(2,3)10-8-23-19(28)15-17(21)26-18(22)16(20)25-15/h4-7,24H,8-12H2,1-3H3,(H4-,21,22,23,26,28)/p+1. The highest BCUT2D eigenvalue weighted by atomic mass is 35.5. The number of benzene rings is 1. The molecule has 1 aromatic carbocycles. The highest BCUT2D eigenvalue weighted by molar-refractivity contribution is 7.88. The van der Waals surface area contributed by atoms with E-state index in [1.165, 1.54) is 0 Å². The number of sulfonamides is 1. The van der Waals surface area contributed by atoms with Gasteiger partial charge in [-0.2, -0.15) is 0 Å². The smallest absolute Gasteiger partial charge is 0.273 e. The second kappa shape index (κ2) is 10.2. The van der Waals surface area contributed by atoms with Crippen LogP contribution in [0.5, 0.6) is 0 Å². The molecule has 0 aliphatic carbocycles. The van der Waals surface area contributed by atoms with Crippen molar-refractivity contribution in [3.8, 4) is 0 Å². The summed E-state index contributed by atoms with van der Waals surface area (Å²) in [6, 6.07) is 7.39. The van der Waals surface area contributed by atoms with E-state index in [1.807, 2.05) is 45.3 Å². The fourth-order valence-corrected chi connectivity index (χ4v) is 4.00. The summed E-state index contributed by atoms with van der Waals surface area (Å²) in [7, 11) is 0.444. The van der Waals surface area contributed by atoms with Gasteiger partial charge in [0.2, 0.25) is 10.0 Å². The maximum Gasteiger partial charge on any atom is 0.273 e. The predicted molar refractivity (Wildman–Crippen MR) is 122 cm³/mol. The van der Waals surface area contributed by atoms with Crippen molar-refractivity contribution in [2.24, 2.45) is 0 Å². The molecule has 0 fully saturated rings. The van der Waals surface area contributed by atoms with E-state index in [4.69, 9.17) is 23.1 Å². The van der Waals surface area contributed by atoms with Gasteiger partial charge in [0.1, 0.15) is 0 Å². The highest BCUT2D eigenvalue weighted by Gasteiger charge is 2.20. The summed E-state index contributed by atoms with van der Waals surface area (Å²) in [5, 5.41) is 2.62. The number of nitrogens with two attached hydrogens (primary N) is 2. The van der Waals surface area contributed by atoms with E-state index in [-0.39, 0.29) is 34.8 Å². The van der Waals surface area contributed by atoms with E-state index in [1.54, 1.807) is 0 Å². The largest absolute Gasteiger partial charge is 0.382 e. The summed E-state index contributed by atoms with van der Waals surface area (Å²) in [6.07, 6.45) is 0. The van der Waals surface area contributed by atoms with Crippen LogP contribution in [0.4, 0.5) is 11.6 Å². The van der Waals surface area contributed by atoms with Crippen LogP contribution >= 0.6 is 11.6 Å². The van der Waals surface area contributed by atoms with E-state index >= 15 is 0 Å². The van der Waals surface area contributed by atoms with Crippen LogP contribution in [-0.4, -0.2) is 69.1 Å². The molecule has 1 heterocycles. The molecule has 0 aliphatic heterocycles. The zero-order chi connectivity index (χ0) is 23.2. The van der Waals surface area contributed by atoms with E-state index < -0.39 is 15.9 Å². The Morgan fingerprint density at radius 1 is 1.06 bits per heavy atom. The van der Waals surface area contributed by atoms with Crippen molar-refractivity contribution in [2.45, 2.75) is 12.7 Å². The van der Waals surface area contributed by atoms with Crippen LogP contribution in [0.1, 0.15) is 21.6 Å². The molecule has 1 amide bonds. The topological polar surface area (TPSA) is 153 Å². The molecule has 0 aliphatic rings. The van der Waals surface area contributed by atoms with Crippen LogP contribution in [0.15, 0.2) is 24.3 Å². The number of quaternary nitrogens is 1. The second-order valence-electron chi connectivity index (χ2n) is 7.91. The van der Waals surface area contributed by atoms with Crippen molar-refractivity contribution in [3.63, 3.8) is 0 Å². The van der Waals surface area contributed by atoms with Crippen molar-refractivity contribution < 1.29 is 17.7 Å². The number of halogens is 1. The Morgan fingerprint density at radius 3 is 2.32 bits per heavy atom. The first-order valence-electron chi connectivity index (χ1n) is 9.60. The molecule has 2 rings (SSSR count). The number of hydrogen-bond acceptors (Lipinski definition) is 7. The molecule has 0 bridgehead atoms. The SMILES string of the molecule is Cc1ccc(CS(=O)(=O)NCC[N+](C)(C)CCNC(=O)c2nc(Cl)c(N)nc2N)cc1. The van der Waals surface area contributed by atoms with Gasteiger partial charge in [-0.05, 0) is 12.5 Å². The quantitative estimate of drug-likeness (QED) is 0.369. The molecular weight excluding hydrogens is 442 g/mol. The molecule has 31 heavy (non-hydrogen) atoms. The Hall–Kier alpha value is -2.47. The van der Waals surface area contributed by atoms with Crippen molar-refractivity contribution in [2.75, 3.05) is 51.7 Å². The minimum Gasteiger partial charge on any atom is -0.382 e. The summed E-state index contributed by atoms with van der Waals surface area (Å²) in [6.45, 7) is 3.65. The van der Waals surface area contributed by atoms with Crippen LogP contribution in [0.25, 0.3) is 0 Å². The van der Waals surface area contributed by atoms with Crippen LogP contribution in [0.2, 0.25) is 5.15 Å². The number of nitrogens with one attached hydrogen (secondary N) is 2. The van der Waals surface area contributed by atoms with Crippen LogP contribution in [0.3, 0.4) is 0 Å². The first kappa shape index (κ1) is 24.8. The number of amides is 1. The van der Waals surface area contributed by atoms with Crippen LogP contribution in [-0.2, 0) is 15.8 Å². The summed E-state index contributed by atoms with van der Waals surface area (Å²) in [5.74, 6) is -0.719. The number of hydrogen-bond donors (Lipinski definition) is 4. The van der Waals surface area contributed by atoms with Crippen molar-refractivity contribution in [3.05, 3.63) is 46.2 Å². The molecule has 0 spiro atoms. The molecule has 1 aromatic heterocycles. The lowest BCUT2D eigenvalue weighted by Gasteiger charge is -2.29. The summed E-state index contributed by atoms with van der Waals surface area (Å²) < 4.78 is 27.7. The minimum atomic E-state index is -3.43. The van der Waals surface area contributed by atoms with E-state index in [2.05, 4.69) is 20.0 Å². The van der Waals surface area contributed by atoms with Crippen molar-refractivity contribution in [1.82, 2.24) is 20.0 Å². The third-order valence-corrected chi connectivity index (χ3v) is 6.27. The molecule has 6 N–H and O–H groups in total. The van der Waals surface area contributed by atoms with Gasteiger partial charge in [0.15, 0.2) is 22.5 Å². The molecule has 0 saturated carbocycles. The summed E-state index contributed by atoms with van der Waals surface area (Å²) in [4.78, 5) is 19.9. The monoisotopic (exact) mass is 470 g/mol. The van der Waals surface area contributed by atoms with Crippen LogP contribution in [0, 0.1) is 6.92 Å². The van der Waals surface area contributed by atoms with Gasteiger partial charge in [-0.1, -0.05) is 41.4 Å². The lowest BCUT2D eigenvalue weighted by atomic mass is 10.2. The van der Waals surface area contributed by atoms with Crippen LogP contribution < -0.4 is 21.5 Å². The molecule has 2 aromatic rings. The number of aromatic nitrogens is 2. The van der Waals surface area contributed by atoms with Gasteiger partial charge in [-0.25, -0.2) is 23.1 Å². The van der Waals surface area contributed by atoms with Gasteiger partial charge >= 0.3 is 0 Å². The lowest BCUT2D eigenvalue weighted by Crippen LogP contribution is -2.49. The fraction of sp³-hybridized carbons (Fsp3) is 0.421. The Labute approximate surface area is 187 Å². The zero-order valence-electron chi connectivity index (χ0n) is 17.9. The average molecular weight is 471 g/mol. The average Bonchev–Trinajstić information content (AvgIpc) is 2.65. The maximum absolute atomic E-state index is 12.3. The number of likely N-dealkylation sites (N-methyl/N-ethyl adjacent to an activating group) is 1. The Morgan fingerprint density at radius 2 is 1.68 bits per heavy atom. The van der Waals surface area contributed by atoms with Crippen molar-refractivity contribution >= 4 is 39.2 Å². The Kier molecular flexibility index (Phi) is 8.18. The number of nitrogens with zero attached hydrogens (tertiary/aromatic N) is 3. The zero-order valence-corrected chi connectivity index (χ0v) is 19.4. The molecule has 0 atom stereocenters. The van der Waals surface area contributed by atoms with E-state index in [9.17, 15) is 13.2 Å². The van der Waals surface area contributed by atoms with Gasteiger partial charge in [0.05, 0.1) is 46.0 Å². The second-order valence-corrected chi connectivity index (χ2v) is 10.1. The number of nitrogen functional groups attached to an aromatic ring is 2. The third-order valence-electron chi connectivity index (χ3n) is 4.64. The summed E-state index contributed by atoms with van der Waals surface area (Å²) in [5.41, 5.74) is 12.9. The molecule has 12 heteroatoms. The first-order valence-corrected chi connectivity index (χ1v) is 11.6. The first-order chi connectivity index (χ1) is 14.4.